The van der Waals surface area contributed by atoms with E-state index in [2.05, 4.69) is 20.9 Å². The second-order valence-corrected chi connectivity index (χ2v) is 10.9. The Hall–Kier alpha value is -2.91. The van der Waals surface area contributed by atoms with Gasteiger partial charge in [0, 0.05) is 16.1 Å². The summed E-state index contributed by atoms with van der Waals surface area (Å²) in [5.41, 5.74) is 2.11. The molecule has 5 rings (SSSR count). The zero-order chi connectivity index (χ0) is 26.3. The summed E-state index contributed by atoms with van der Waals surface area (Å²) >= 11 is 16.8. The van der Waals surface area contributed by atoms with E-state index in [1.165, 1.54) is 11.3 Å². The zero-order valence-electron chi connectivity index (χ0n) is 19.6. The predicted molar refractivity (Wildman–Crippen MR) is 149 cm³/mol. The van der Waals surface area contributed by atoms with Gasteiger partial charge in [0.2, 0.25) is 0 Å². The summed E-state index contributed by atoms with van der Waals surface area (Å²) < 4.78 is 14.2. The quantitative estimate of drug-likeness (QED) is 0.253. The van der Waals surface area contributed by atoms with Gasteiger partial charge in [-0.2, -0.15) is 0 Å². The van der Waals surface area contributed by atoms with Crippen molar-refractivity contribution in [3.63, 3.8) is 0 Å². The molecule has 0 saturated heterocycles. The minimum absolute atomic E-state index is 0.215. The molecule has 0 N–H and O–H groups in total. The van der Waals surface area contributed by atoms with Crippen molar-refractivity contribution in [1.29, 1.82) is 0 Å². The number of allylic oxidation sites excluding steroid dienone is 1. The number of aromatic nitrogens is 1. The largest absolute Gasteiger partial charge is 0.463 e. The minimum Gasteiger partial charge on any atom is -0.463 e. The Morgan fingerprint density at radius 1 is 1.16 bits per heavy atom. The van der Waals surface area contributed by atoms with Gasteiger partial charge in [0.05, 0.1) is 38.5 Å². The number of hydrogen-bond donors (Lipinski definition) is 0. The van der Waals surface area contributed by atoms with Gasteiger partial charge in [-0.05, 0) is 61.9 Å². The molecule has 6 nitrogen and oxygen atoms in total. The van der Waals surface area contributed by atoms with Crippen LogP contribution in [0.15, 0.2) is 84.5 Å². The number of benzene rings is 2. The van der Waals surface area contributed by atoms with Crippen molar-refractivity contribution in [2.75, 3.05) is 6.61 Å². The number of carbonyl (C=O) groups is 1. The Bertz CT molecular complexity index is 1730. The summed E-state index contributed by atoms with van der Waals surface area (Å²) in [5, 5.41) is 0.877. The molecule has 188 valence electrons. The maximum atomic E-state index is 13.7. The van der Waals surface area contributed by atoms with E-state index in [-0.39, 0.29) is 12.2 Å². The van der Waals surface area contributed by atoms with E-state index in [1.807, 2.05) is 30.3 Å². The molecular formula is C27H19BrCl2N2O4S. The van der Waals surface area contributed by atoms with Crippen molar-refractivity contribution in [3.05, 3.63) is 111 Å². The molecule has 3 heterocycles. The van der Waals surface area contributed by atoms with Crippen LogP contribution in [0.1, 0.15) is 31.2 Å². The van der Waals surface area contributed by atoms with Gasteiger partial charge in [-0.15, -0.1) is 0 Å². The van der Waals surface area contributed by atoms with Gasteiger partial charge in [0.1, 0.15) is 11.5 Å². The van der Waals surface area contributed by atoms with E-state index >= 15 is 0 Å². The number of furan rings is 1. The van der Waals surface area contributed by atoms with Crippen molar-refractivity contribution in [2.24, 2.45) is 4.99 Å². The lowest BCUT2D eigenvalue weighted by Gasteiger charge is -2.24. The first-order valence-corrected chi connectivity index (χ1v) is 13.6. The monoisotopic (exact) mass is 616 g/mol. The molecule has 1 aliphatic rings. The molecule has 4 aromatic rings. The van der Waals surface area contributed by atoms with Gasteiger partial charge < -0.3 is 9.15 Å². The van der Waals surface area contributed by atoms with Crippen molar-refractivity contribution in [1.82, 2.24) is 4.57 Å². The van der Waals surface area contributed by atoms with Crippen LogP contribution in [-0.4, -0.2) is 17.1 Å². The van der Waals surface area contributed by atoms with Crippen molar-refractivity contribution >= 4 is 62.5 Å². The lowest BCUT2D eigenvalue weighted by Crippen LogP contribution is -2.39. The average molecular weight is 618 g/mol. The summed E-state index contributed by atoms with van der Waals surface area (Å²) in [4.78, 5) is 31.7. The van der Waals surface area contributed by atoms with Crippen LogP contribution in [0.25, 0.3) is 17.4 Å². The van der Waals surface area contributed by atoms with E-state index < -0.39 is 12.0 Å². The standard InChI is InChI=1S/C27H19BrCl2N2O4S/c1-3-35-26(34)23-14(2)31-27-32(24(23)15-4-7-17(28)8-5-15)25(33)22(37-27)13-18-9-11-21(36-18)16-6-10-19(29)20(30)12-16/h4-13,24H,3H2,1-2H3/b22-13-/t24-/m0/s1. The van der Waals surface area contributed by atoms with E-state index in [0.29, 0.717) is 42.2 Å². The van der Waals surface area contributed by atoms with Crippen LogP contribution in [0, 0.1) is 0 Å². The molecule has 37 heavy (non-hydrogen) atoms. The van der Waals surface area contributed by atoms with Crippen molar-refractivity contribution < 1.29 is 13.9 Å². The molecule has 0 saturated carbocycles. The summed E-state index contributed by atoms with van der Waals surface area (Å²) in [6, 6.07) is 15.6. The molecule has 0 fully saturated rings. The molecule has 0 unspecified atom stereocenters. The van der Waals surface area contributed by atoms with E-state index in [0.717, 1.165) is 15.6 Å². The van der Waals surface area contributed by atoms with Crippen LogP contribution in [-0.2, 0) is 9.53 Å². The summed E-state index contributed by atoms with van der Waals surface area (Å²) in [6.07, 6.45) is 1.67. The molecule has 0 spiro atoms. The topological polar surface area (TPSA) is 73.8 Å². The highest BCUT2D eigenvalue weighted by Crippen LogP contribution is 2.32. The first kappa shape index (κ1) is 25.7. The van der Waals surface area contributed by atoms with Gasteiger partial charge in [-0.3, -0.25) is 9.36 Å². The fourth-order valence-corrected chi connectivity index (χ4v) is 5.71. The third-order valence-electron chi connectivity index (χ3n) is 5.81. The van der Waals surface area contributed by atoms with Gasteiger partial charge in [-0.25, -0.2) is 9.79 Å². The molecule has 10 heteroatoms. The Morgan fingerprint density at radius 3 is 2.62 bits per heavy atom. The van der Waals surface area contributed by atoms with Gasteiger partial charge in [0.25, 0.3) is 5.56 Å². The fourth-order valence-electron chi connectivity index (χ4n) is 4.12. The number of esters is 1. The van der Waals surface area contributed by atoms with E-state index in [1.54, 1.807) is 48.8 Å². The molecular weight excluding hydrogens is 599 g/mol. The molecule has 1 aliphatic heterocycles. The lowest BCUT2D eigenvalue weighted by molar-refractivity contribution is -0.139. The lowest BCUT2D eigenvalue weighted by atomic mass is 9.96. The van der Waals surface area contributed by atoms with Crippen LogP contribution in [0.2, 0.25) is 10.0 Å². The number of thiazole rings is 1. The highest BCUT2D eigenvalue weighted by molar-refractivity contribution is 9.10. The number of carbonyl (C=O) groups excluding carboxylic acids is 1. The van der Waals surface area contributed by atoms with Crippen LogP contribution in [0.4, 0.5) is 0 Å². The normalized spacial score (nSPS) is 15.5. The third kappa shape index (κ3) is 4.99. The number of ether oxygens (including phenoxy) is 1. The van der Waals surface area contributed by atoms with Gasteiger partial charge in [-0.1, -0.05) is 62.6 Å². The molecule has 1 atom stereocenters. The van der Waals surface area contributed by atoms with Gasteiger partial charge >= 0.3 is 5.97 Å². The maximum absolute atomic E-state index is 13.7. The molecule has 0 radical (unpaired) electrons. The number of fused-ring (bicyclic) bond motifs is 1. The number of rotatable bonds is 5. The molecule has 2 aromatic heterocycles. The Labute approximate surface area is 234 Å². The summed E-state index contributed by atoms with van der Waals surface area (Å²) in [6.45, 7) is 3.71. The molecule has 2 aromatic carbocycles. The highest BCUT2D eigenvalue weighted by atomic mass is 79.9. The maximum Gasteiger partial charge on any atom is 0.338 e. The summed E-state index contributed by atoms with van der Waals surface area (Å²) in [5.74, 6) is 0.585. The molecule has 0 bridgehead atoms. The summed E-state index contributed by atoms with van der Waals surface area (Å²) in [7, 11) is 0. The van der Waals surface area contributed by atoms with E-state index in [9.17, 15) is 9.59 Å². The Balaban J connectivity index is 1.62. The predicted octanol–water partition coefficient (Wildman–Crippen LogP) is 6.13. The van der Waals surface area contributed by atoms with Crippen LogP contribution in [0.5, 0.6) is 0 Å². The second-order valence-electron chi connectivity index (χ2n) is 8.18. The molecule has 0 aliphatic carbocycles. The van der Waals surface area contributed by atoms with Crippen LogP contribution in [0.3, 0.4) is 0 Å². The van der Waals surface area contributed by atoms with Crippen molar-refractivity contribution in [3.8, 4) is 11.3 Å². The van der Waals surface area contributed by atoms with Crippen molar-refractivity contribution in [2.45, 2.75) is 19.9 Å². The Kier molecular flexibility index (Phi) is 7.27. The first-order valence-electron chi connectivity index (χ1n) is 11.3. The number of halogens is 3. The Morgan fingerprint density at radius 2 is 1.92 bits per heavy atom. The van der Waals surface area contributed by atoms with Crippen LogP contribution >= 0.6 is 50.5 Å². The first-order chi connectivity index (χ1) is 17.8. The van der Waals surface area contributed by atoms with Gasteiger partial charge in [0.15, 0.2) is 4.80 Å². The smallest absolute Gasteiger partial charge is 0.338 e. The average Bonchev–Trinajstić information content (AvgIpc) is 3.45. The third-order valence-corrected chi connectivity index (χ3v) is 8.06. The second kappa shape index (κ2) is 10.5. The van der Waals surface area contributed by atoms with Crippen LogP contribution < -0.4 is 14.9 Å². The molecule has 0 amide bonds. The van der Waals surface area contributed by atoms with E-state index in [4.69, 9.17) is 32.4 Å². The minimum atomic E-state index is -0.672. The highest BCUT2D eigenvalue weighted by Gasteiger charge is 2.33. The number of hydrogen-bond acceptors (Lipinski definition) is 6. The SMILES string of the molecule is CCOC(=O)C1=C(C)N=c2s/c(=C\c3ccc(-c4ccc(Cl)c(Cl)c4)o3)c(=O)n2[C@H]1c1ccc(Br)cc1. The zero-order valence-corrected chi connectivity index (χ0v) is 23.5. The number of nitrogens with zero attached hydrogens (tertiary/aromatic N) is 2. The fraction of sp³-hybridized carbons (Fsp3) is 0.148.